The molecule has 1 nitrogen and oxygen atoms in total. The summed E-state index contributed by atoms with van der Waals surface area (Å²) in [5, 5.41) is 0. The maximum atomic E-state index is 2.44. The van der Waals surface area contributed by atoms with Gasteiger partial charge in [0.25, 0.3) is 0 Å². The molecule has 0 aliphatic carbocycles. The highest BCUT2D eigenvalue weighted by Gasteiger charge is 2.18. The van der Waals surface area contributed by atoms with Crippen molar-refractivity contribution in [3.8, 4) is 0 Å². The van der Waals surface area contributed by atoms with Crippen LogP contribution < -0.4 is 0 Å². The van der Waals surface area contributed by atoms with Crippen molar-refractivity contribution < 1.29 is 0 Å². The van der Waals surface area contributed by atoms with Crippen LogP contribution in [-0.4, -0.2) is 44.0 Å². The van der Waals surface area contributed by atoms with Crippen LogP contribution in [0.15, 0.2) is 0 Å². The van der Waals surface area contributed by atoms with Crippen molar-refractivity contribution >= 4 is 7.92 Å². The monoisotopic (exact) mass is 159 g/mol. The predicted octanol–water partition coefficient (Wildman–Crippen LogP) is 1.82. The van der Waals surface area contributed by atoms with Gasteiger partial charge >= 0.3 is 0 Å². The zero-order chi connectivity index (χ0) is 7.56. The fourth-order valence-corrected chi connectivity index (χ4v) is 2.78. The molecule has 0 aromatic carbocycles. The largest absolute Gasteiger partial charge is 0.306 e. The second kappa shape index (κ2) is 3.69. The van der Waals surface area contributed by atoms with E-state index in [9.17, 15) is 0 Å². The van der Waals surface area contributed by atoms with E-state index in [0.29, 0.717) is 7.92 Å². The van der Waals surface area contributed by atoms with Crippen molar-refractivity contribution in [2.24, 2.45) is 0 Å². The molecule has 0 spiro atoms. The van der Waals surface area contributed by atoms with Crippen LogP contribution in [0.3, 0.4) is 0 Å². The van der Waals surface area contributed by atoms with Gasteiger partial charge in [-0.15, -0.1) is 7.92 Å². The molecule has 0 aromatic rings. The minimum Gasteiger partial charge on any atom is -0.306 e. The van der Waals surface area contributed by atoms with Crippen molar-refractivity contribution in [2.75, 3.05) is 33.5 Å². The van der Waals surface area contributed by atoms with E-state index in [1.165, 1.54) is 25.9 Å². The molecule has 2 heteroatoms. The van der Waals surface area contributed by atoms with Crippen LogP contribution in [0.1, 0.15) is 12.8 Å². The highest BCUT2D eigenvalue weighted by Crippen LogP contribution is 2.38. The fourth-order valence-electron chi connectivity index (χ4n) is 1.51. The smallest absolute Gasteiger partial charge is 0.00158 e. The summed E-state index contributed by atoms with van der Waals surface area (Å²) in [6.07, 6.45) is 2.88. The van der Waals surface area contributed by atoms with Crippen LogP contribution in [0.4, 0.5) is 0 Å². The van der Waals surface area contributed by atoms with Crippen LogP contribution in [-0.2, 0) is 0 Å². The quantitative estimate of drug-likeness (QED) is 0.527. The molecular formula is C8H18NP. The van der Waals surface area contributed by atoms with Crippen molar-refractivity contribution in [3.05, 3.63) is 0 Å². The first-order chi connectivity index (χ1) is 4.70. The van der Waals surface area contributed by atoms with Crippen LogP contribution >= 0.6 is 7.92 Å². The number of hydrogen-bond acceptors (Lipinski definition) is 1. The van der Waals surface area contributed by atoms with Crippen molar-refractivity contribution in [2.45, 2.75) is 18.5 Å². The highest BCUT2D eigenvalue weighted by atomic mass is 31.1. The van der Waals surface area contributed by atoms with Gasteiger partial charge in [-0.1, -0.05) is 0 Å². The van der Waals surface area contributed by atoms with E-state index in [4.69, 9.17) is 0 Å². The maximum Gasteiger partial charge on any atom is -0.00158 e. The summed E-state index contributed by atoms with van der Waals surface area (Å²) in [6, 6.07) is 0. The van der Waals surface area contributed by atoms with Gasteiger partial charge in [0.2, 0.25) is 0 Å². The Kier molecular flexibility index (Phi) is 3.13. The minimum atomic E-state index is 0.336. The second-order valence-electron chi connectivity index (χ2n) is 3.50. The average Bonchev–Trinajstić information content (AvgIpc) is 1.88. The lowest BCUT2D eigenvalue weighted by Crippen LogP contribution is -2.31. The van der Waals surface area contributed by atoms with E-state index in [0.717, 1.165) is 5.66 Å². The maximum absolute atomic E-state index is 2.44. The van der Waals surface area contributed by atoms with Gasteiger partial charge in [0.1, 0.15) is 0 Å². The van der Waals surface area contributed by atoms with Gasteiger partial charge in [-0.3, -0.25) is 0 Å². The summed E-state index contributed by atoms with van der Waals surface area (Å²) < 4.78 is 0. The van der Waals surface area contributed by atoms with E-state index >= 15 is 0 Å². The fraction of sp³-hybridized carbons (Fsp3) is 1.00. The number of piperidine rings is 1. The number of hydrogen-bond donors (Lipinski definition) is 0. The molecule has 1 aliphatic heterocycles. The summed E-state index contributed by atoms with van der Waals surface area (Å²) >= 11 is 0. The molecule has 60 valence electrons. The van der Waals surface area contributed by atoms with E-state index in [-0.39, 0.29) is 0 Å². The van der Waals surface area contributed by atoms with Crippen LogP contribution in [0.5, 0.6) is 0 Å². The molecule has 1 rings (SSSR count). The van der Waals surface area contributed by atoms with Crippen molar-refractivity contribution in [1.29, 1.82) is 0 Å². The summed E-state index contributed by atoms with van der Waals surface area (Å²) in [6.45, 7) is 7.47. The van der Waals surface area contributed by atoms with Gasteiger partial charge in [0, 0.05) is 0 Å². The zero-order valence-corrected chi connectivity index (χ0v) is 8.19. The SMILES string of the molecule is CN1CCC(P(C)C)CC1. The van der Waals surface area contributed by atoms with Gasteiger partial charge in [-0.25, -0.2) is 0 Å². The van der Waals surface area contributed by atoms with Crippen molar-refractivity contribution in [3.63, 3.8) is 0 Å². The molecular weight excluding hydrogens is 141 g/mol. The Morgan fingerprint density at radius 2 is 1.70 bits per heavy atom. The first-order valence-corrected chi connectivity index (χ1v) is 6.35. The number of rotatable bonds is 1. The molecule has 10 heavy (non-hydrogen) atoms. The van der Waals surface area contributed by atoms with E-state index in [2.05, 4.69) is 25.3 Å². The van der Waals surface area contributed by atoms with Gasteiger partial charge in [0.15, 0.2) is 0 Å². The molecule has 0 aromatic heterocycles. The van der Waals surface area contributed by atoms with Gasteiger partial charge in [0.05, 0.1) is 0 Å². The second-order valence-corrected chi connectivity index (χ2v) is 6.16. The molecule has 0 saturated carbocycles. The molecule has 1 aliphatic rings. The Bertz CT molecular complexity index is 95.4. The van der Waals surface area contributed by atoms with Crippen LogP contribution in [0, 0.1) is 0 Å². The summed E-state index contributed by atoms with van der Waals surface area (Å²) in [5.74, 6) is 0. The summed E-state index contributed by atoms with van der Waals surface area (Å²) in [4.78, 5) is 2.44. The number of nitrogens with zero attached hydrogens (tertiary/aromatic N) is 1. The molecule has 0 unspecified atom stereocenters. The lowest BCUT2D eigenvalue weighted by Gasteiger charge is -2.31. The molecule has 0 amide bonds. The van der Waals surface area contributed by atoms with Crippen LogP contribution in [0.25, 0.3) is 0 Å². The van der Waals surface area contributed by atoms with E-state index in [1.807, 2.05) is 0 Å². The normalized spacial score (nSPS) is 24.0. The third kappa shape index (κ3) is 2.21. The van der Waals surface area contributed by atoms with Gasteiger partial charge < -0.3 is 4.90 Å². The minimum absolute atomic E-state index is 0.336. The molecule has 0 radical (unpaired) electrons. The molecule has 0 atom stereocenters. The Labute approximate surface area is 65.5 Å². The lowest BCUT2D eigenvalue weighted by atomic mass is 10.1. The number of likely N-dealkylation sites (tertiary alicyclic amines) is 1. The average molecular weight is 159 g/mol. The van der Waals surface area contributed by atoms with Gasteiger partial charge in [-0.2, -0.15) is 0 Å². The topological polar surface area (TPSA) is 3.24 Å². The summed E-state index contributed by atoms with van der Waals surface area (Å²) in [7, 11) is 2.56. The molecule has 1 fully saturated rings. The Morgan fingerprint density at radius 3 is 2.10 bits per heavy atom. The van der Waals surface area contributed by atoms with E-state index < -0.39 is 0 Å². The first kappa shape index (κ1) is 8.49. The summed E-state index contributed by atoms with van der Waals surface area (Å²) in [5.41, 5.74) is 1.06. The zero-order valence-electron chi connectivity index (χ0n) is 7.30. The highest BCUT2D eigenvalue weighted by molar-refractivity contribution is 7.56. The van der Waals surface area contributed by atoms with Crippen LogP contribution in [0.2, 0.25) is 0 Å². The molecule has 1 saturated heterocycles. The Hall–Kier alpha value is 0.390. The third-order valence-corrected chi connectivity index (χ3v) is 4.40. The van der Waals surface area contributed by atoms with Crippen molar-refractivity contribution in [1.82, 2.24) is 4.90 Å². The molecule has 0 bridgehead atoms. The Morgan fingerprint density at radius 1 is 1.20 bits per heavy atom. The molecule has 0 N–H and O–H groups in total. The molecule has 1 heterocycles. The third-order valence-electron chi connectivity index (χ3n) is 2.42. The Balaban J connectivity index is 2.26. The van der Waals surface area contributed by atoms with Gasteiger partial charge in [-0.05, 0) is 52.0 Å². The van der Waals surface area contributed by atoms with E-state index in [1.54, 1.807) is 0 Å². The first-order valence-electron chi connectivity index (χ1n) is 4.05. The predicted molar refractivity (Wildman–Crippen MR) is 49.3 cm³/mol. The lowest BCUT2D eigenvalue weighted by molar-refractivity contribution is 0.280. The standard InChI is InChI=1S/C8H18NP/c1-9-6-4-8(5-7-9)10(2)3/h8H,4-7H2,1-3H3.